The Kier molecular flexibility index (Phi) is 6.52. The quantitative estimate of drug-likeness (QED) is 0.308. The number of para-hydroxylation sites is 1. The monoisotopic (exact) mass is 464 g/mol. The molecule has 8 nitrogen and oxygen atoms in total. The Morgan fingerprint density at radius 3 is 2.50 bits per heavy atom. The maximum atomic E-state index is 12.9. The number of thiazole rings is 1. The largest absolute Gasteiger partial charge is 0.331 e. The summed E-state index contributed by atoms with van der Waals surface area (Å²) in [6, 6.07) is 16.5. The second-order valence-corrected chi connectivity index (χ2v) is 8.36. The Morgan fingerprint density at radius 2 is 1.78 bits per heavy atom. The van der Waals surface area contributed by atoms with Gasteiger partial charge in [0, 0.05) is 22.1 Å². The summed E-state index contributed by atoms with van der Waals surface area (Å²) in [5, 5.41) is 11.6. The minimum atomic E-state index is -0.338. The van der Waals surface area contributed by atoms with Gasteiger partial charge in [-0.15, -0.1) is 11.3 Å². The van der Waals surface area contributed by atoms with Crippen molar-refractivity contribution < 1.29 is 4.79 Å². The third-order valence-corrected chi connectivity index (χ3v) is 5.73. The van der Waals surface area contributed by atoms with Crippen molar-refractivity contribution in [3.05, 3.63) is 86.7 Å². The van der Waals surface area contributed by atoms with E-state index in [4.69, 9.17) is 12.2 Å². The van der Waals surface area contributed by atoms with Crippen LogP contribution in [0.5, 0.6) is 0 Å². The van der Waals surface area contributed by atoms with Crippen molar-refractivity contribution >= 4 is 51.0 Å². The van der Waals surface area contributed by atoms with Crippen LogP contribution in [0.2, 0.25) is 0 Å². The number of aromatic nitrogens is 3. The molecule has 10 heteroatoms. The van der Waals surface area contributed by atoms with Gasteiger partial charge in [-0.3, -0.25) is 20.4 Å². The SMILES string of the molecule is Cc1csc(Cn2nc(CC(=O)NNC(=S)Nc3ccccc3)c3ccccc3c2=O)n1. The molecular formula is C22H20N6O2S2. The van der Waals surface area contributed by atoms with Crippen LogP contribution >= 0.6 is 23.6 Å². The highest BCUT2D eigenvalue weighted by molar-refractivity contribution is 7.80. The van der Waals surface area contributed by atoms with Gasteiger partial charge in [0.2, 0.25) is 5.91 Å². The molecule has 0 aliphatic carbocycles. The van der Waals surface area contributed by atoms with Crippen LogP contribution in [0.1, 0.15) is 16.4 Å². The van der Waals surface area contributed by atoms with Gasteiger partial charge >= 0.3 is 0 Å². The molecule has 0 bridgehead atoms. The summed E-state index contributed by atoms with van der Waals surface area (Å²) >= 11 is 6.67. The zero-order valence-electron chi connectivity index (χ0n) is 17.2. The lowest BCUT2D eigenvalue weighted by Gasteiger charge is -2.13. The van der Waals surface area contributed by atoms with Crippen LogP contribution in [-0.2, 0) is 17.8 Å². The first-order chi connectivity index (χ1) is 15.5. The normalized spacial score (nSPS) is 10.7. The molecule has 0 unspecified atom stereocenters. The predicted molar refractivity (Wildman–Crippen MR) is 130 cm³/mol. The molecule has 2 aromatic carbocycles. The molecule has 0 aliphatic heterocycles. The van der Waals surface area contributed by atoms with Gasteiger partial charge in [0.05, 0.1) is 24.0 Å². The van der Waals surface area contributed by atoms with E-state index in [1.54, 1.807) is 18.2 Å². The number of anilines is 1. The lowest BCUT2D eigenvalue weighted by atomic mass is 10.1. The van der Waals surface area contributed by atoms with Gasteiger partial charge in [-0.1, -0.05) is 36.4 Å². The van der Waals surface area contributed by atoms with Gasteiger partial charge in [0.25, 0.3) is 5.56 Å². The zero-order chi connectivity index (χ0) is 22.5. The topological polar surface area (TPSA) is 101 Å². The van der Waals surface area contributed by atoms with Gasteiger partial charge < -0.3 is 5.32 Å². The first-order valence-corrected chi connectivity index (χ1v) is 11.1. The lowest BCUT2D eigenvalue weighted by Crippen LogP contribution is -2.44. The van der Waals surface area contributed by atoms with Gasteiger partial charge in [-0.05, 0) is 37.3 Å². The smallest absolute Gasteiger partial charge is 0.275 e. The van der Waals surface area contributed by atoms with E-state index in [0.29, 0.717) is 16.5 Å². The molecule has 1 amide bonds. The molecule has 0 radical (unpaired) electrons. The molecule has 162 valence electrons. The maximum absolute atomic E-state index is 12.9. The highest BCUT2D eigenvalue weighted by atomic mass is 32.1. The number of amides is 1. The fraction of sp³-hybridized carbons (Fsp3) is 0.136. The number of aryl methyl sites for hydroxylation is 1. The number of carbonyl (C=O) groups is 1. The van der Waals surface area contributed by atoms with Crippen LogP contribution in [0.15, 0.2) is 64.8 Å². The van der Waals surface area contributed by atoms with Crippen molar-refractivity contribution in [2.75, 3.05) is 5.32 Å². The van der Waals surface area contributed by atoms with Crippen LogP contribution < -0.4 is 21.7 Å². The summed E-state index contributed by atoms with van der Waals surface area (Å²) in [5.41, 5.74) is 7.23. The Bertz CT molecular complexity index is 1330. The first-order valence-electron chi connectivity index (χ1n) is 9.80. The van der Waals surface area contributed by atoms with E-state index >= 15 is 0 Å². The van der Waals surface area contributed by atoms with Crippen molar-refractivity contribution in [1.82, 2.24) is 25.6 Å². The summed E-state index contributed by atoms with van der Waals surface area (Å²) in [6.45, 7) is 2.15. The van der Waals surface area contributed by atoms with Crippen LogP contribution in [0.4, 0.5) is 5.69 Å². The Morgan fingerprint density at radius 1 is 1.06 bits per heavy atom. The number of hydrazine groups is 1. The van der Waals surface area contributed by atoms with E-state index < -0.39 is 0 Å². The number of benzene rings is 2. The molecule has 2 heterocycles. The molecule has 4 aromatic rings. The first kappa shape index (κ1) is 21.6. The van der Waals surface area contributed by atoms with Crippen molar-refractivity contribution in [3.8, 4) is 0 Å². The maximum Gasteiger partial charge on any atom is 0.275 e. The highest BCUT2D eigenvalue weighted by Crippen LogP contribution is 2.15. The van der Waals surface area contributed by atoms with E-state index in [9.17, 15) is 9.59 Å². The molecule has 0 saturated heterocycles. The summed E-state index contributed by atoms with van der Waals surface area (Å²) in [6.07, 6.45) is -0.0291. The summed E-state index contributed by atoms with van der Waals surface area (Å²) in [5.74, 6) is -0.338. The van der Waals surface area contributed by atoms with E-state index in [1.165, 1.54) is 16.0 Å². The summed E-state index contributed by atoms with van der Waals surface area (Å²) in [4.78, 5) is 29.9. The third-order valence-electron chi connectivity index (χ3n) is 4.57. The minimum absolute atomic E-state index is 0.0291. The van der Waals surface area contributed by atoms with Crippen LogP contribution in [0.25, 0.3) is 10.8 Å². The van der Waals surface area contributed by atoms with Gasteiger partial charge in [0.1, 0.15) is 5.01 Å². The molecule has 2 aromatic heterocycles. The number of rotatable bonds is 5. The third kappa shape index (κ3) is 5.16. The minimum Gasteiger partial charge on any atom is -0.331 e. The molecule has 4 rings (SSSR count). The second-order valence-electron chi connectivity index (χ2n) is 7.01. The van der Waals surface area contributed by atoms with Crippen LogP contribution in [0, 0.1) is 6.92 Å². The van der Waals surface area contributed by atoms with Crippen molar-refractivity contribution in [1.29, 1.82) is 0 Å². The number of thiocarbonyl (C=S) groups is 1. The summed E-state index contributed by atoms with van der Waals surface area (Å²) < 4.78 is 1.36. The Labute approximate surface area is 193 Å². The number of hydrogen-bond donors (Lipinski definition) is 3. The molecule has 3 N–H and O–H groups in total. The van der Waals surface area contributed by atoms with E-state index in [-0.39, 0.29) is 29.5 Å². The molecule has 0 spiro atoms. The van der Waals surface area contributed by atoms with Crippen molar-refractivity contribution in [2.24, 2.45) is 0 Å². The van der Waals surface area contributed by atoms with Crippen molar-refractivity contribution in [3.63, 3.8) is 0 Å². The number of fused-ring (bicyclic) bond motifs is 1. The van der Waals surface area contributed by atoms with E-state index in [2.05, 4.69) is 26.3 Å². The Hall–Kier alpha value is -3.63. The Balaban J connectivity index is 1.50. The average Bonchev–Trinajstić information content (AvgIpc) is 3.21. The van der Waals surface area contributed by atoms with Crippen LogP contribution in [-0.4, -0.2) is 25.8 Å². The molecular weight excluding hydrogens is 444 g/mol. The molecule has 0 aliphatic rings. The van der Waals surface area contributed by atoms with E-state index in [1.807, 2.05) is 48.7 Å². The van der Waals surface area contributed by atoms with Gasteiger partial charge in [-0.25, -0.2) is 9.67 Å². The fourth-order valence-corrected chi connectivity index (χ4v) is 4.07. The van der Waals surface area contributed by atoms with Gasteiger partial charge in [0.15, 0.2) is 5.11 Å². The molecule has 0 atom stereocenters. The van der Waals surface area contributed by atoms with Crippen molar-refractivity contribution in [2.45, 2.75) is 19.9 Å². The molecule has 32 heavy (non-hydrogen) atoms. The van der Waals surface area contributed by atoms with Gasteiger partial charge in [-0.2, -0.15) is 5.10 Å². The summed E-state index contributed by atoms with van der Waals surface area (Å²) in [7, 11) is 0. The zero-order valence-corrected chi connectivity index (χ0v) is 18.8. The molecule has 0 saturated carbocycles. The number of nitrogens with zero attached hydrogens (tertiary/aromatic N) is 3. The molecule has 0 fully saturated rings. The number of hydrogen-bond acceptors (Lipinski definition) is 6. The fourth-order valence-electron chi connectivity index (χ4n) is 3.15. The second kappa shape index (κ2) is 9.67. The predicted octanol–water partition coefficient (Wildman–Crippen LogP) is 2.77. The average molecular weight is 465 g/mol. The van der Waals surface area contributed by atoms with Crippen LogP contribution in [0.3, 0.4) is 0 Å². The highest BCUT2D eigenvalue weighted by Gasteiger charge is 2.15. The number of nitrogens with one attached hydrogen (secondary N) is 3. The standard InChI is InChI=1S/C22H20N6O2S2/c1-14-13-32-20(23-14)12-28-21(30)17-10-6-5-9-16(17)18(27-28)11-19(29)25-26-22(31)24-15-7-3-2-4-8-15/h2-10,13H,11-12H2,1H3,(H,25,29)(H2,24,26,31). The lowest BCUT2D eigenvalue weighted by molar-refractivity contribution is -0.121. The van der Waals surface area contributed by atoms with E-state index in [0.717, 1.165) is 16.4 Å². The number of carbonyl (C=O) groups excluding carboxylic acids is 1.